The lowest BCUT2D eigenvalue weighted by Crippen LogP contribution is -2.25. The third-order valence-corrected chi connectivity index (χ3v) is 2.66. The molecule has 20 heavy (non-hydrogen) atoms. The highest BCUT2D eigenvalue weighted by atomic mass is 35.5. The van der Waals surface area contributed by atoms with Crippen molar-refractivity contribution in [1.82, 2.24) is 9.78 Å². The van der Waals surface area contributed by atoms with Crippen LogP contribution in [0.15, 0.2) is 41.3 Å². The Morgan fingerprint density at radius 2 is 2.05 bits per heavy atom. The number of hydrogen-bond donors (Lipinski definition) is 0. The summed E-state index contributed by atoms with van der Waals surface area (Å²) in [5.74, 6) is 0.162. The number of halogens is 1. The van der Waals surface area contributed by atoms with Gasteiger partial charge in [0.05, 0.1) is 6.20 Å². The Hall–Kier alpha value is -2.34. The number of aromatic nitrogens is 2. The van der Waals surface area contributed by atoms with Crippen molar-refractivity contribution in [2.24, 2.45) is 0 Å². The lowest BCUT2D eigenvalue weighted by molar-refractivity contribution is -0.145. The predicted octanol–water partition coefficient (Wildman–Crippen LogP) is 2.21. The van der Waals surface area contributed by atoms with Crippen LogP contribution in [0.4, 0.5) is 0 Å². The Morgan fingerprint density at radius 3 is 2.70 bits per heavy atom. The molecule has 1 heterocycles. The first-order valence-electron chi connectivity index (χ1n) is 5.70. The molecule has 0 amide bonds. The Kier molecular flexibility index (Phi) is 4.37. The van der Waals surface area contributed by atoms with Crippen LogP contribution >= 0.6 is 11.6 Å². The van der Waals surface area contributed by atoms with E-state index in [0.717, 1.165) is 4.68 Å². The number of rotatable bonds is 4. The van der Waals surface area contributed by atoms with Crippen LogP contribution in [0.25, 0.3) is 0 Å². The van der Waals surface area contributed by atoms with Gasteiger partial charge in [-0.05, 0) is 12.1 Å². The highest BCUT2D eigenvalue weighted by Crippen LogP contribution is 2.25. The van der Waals surface area contributed by atoms with Gasteiger partial charge < -0.3 is 9.47 Å². The zero-order valence-electron chi connectivity index (χ0n) is 10.6. The Bertz CT molecular complexity index is 670. The van der Waals surface area contributed by atoms with Crippen LogP contribution in [0.2, 0.25) is 5.02 Å². The van der Waals surface area contributed by atoms with E-state index in [2.05, 4.69) is 9.84 Å². The number of benzene rings is 1. The number of esters is 1. The van der Waals surface area contributed by atoms with E-state index in [1.165, 1.54) is 13.1 Å². The molecular weight excluding hydrogens is 284 g/mol. The van der Waals surface area contributed by atoms with Crippen LogP contribution in [-0.4, -0.2) is 15.7 Å². The number of carbonyl (C=O) groups is 1. The van der Waals surface area contributed by atoms with Gasteiger partial charge >= 0.3 is 5.97 Å². The Labute approximate surface area is 119 Å². The topological polar surface area (TPSA) is 70.4 Å². The third-order valence-electron chi connectivity index (χ3n) is 2.31. The minimum Gasteiger partial charge on any atom is -0.454 e. The second-order valence-electron chi connectivity index (χ2n) is 3.81. The van der Waals surface area contributed by atoms with Crippen molar-refractivity contribution in [1.29, 1.82) is 0 Å². The van der Waals surface area contributed by atoms with Crippen molar-refractivity contribution < 1.29 is 14.3 Å². The standard InChI is InChI=1S/C13H11ClN2O4/c1-9(17)19-8-16-13(18)12(14)11(7-15-16)20-10-5-3-2-4-6-10/h2-7H,8H2,1H3. The first kappa shape index (κ1) is 14.1. The molecule has 0 atom stereocenters. The number of carbonyl (C=O) groups excluding carboxylic acids is 1. The van der Waals surface area contributed by atoms with E-state index < -0.39 is 11.5 Å². The molecule has 0 bridgehead atoms. The third kappa shape index (κ3) is 3.36. The molecule has 0 aliphatic heterocycles. The molecule has 0 N–H and O–H groups in total. The van der Waals surface area contributed by atoms with Gasteiger partial charge in [0, 0.05) is 6.92 Å². The summed E-state index contributed by atoms with van der Waals surface area (Å²) in [6, 6.07) is 8.86. The minimum absolute atomic E-state index is 0.129. The van der Waals surface area contributed by atoms with Crippen LogP contribution in [-0.2, 0) is 16.3 Å². The first-order chi connectivity index (χ1) is 9.58. The van der Waals surface area contributed by atoms with E-state index in [1.54, 1.807) is 24.3 Å². The van der Waals surface area contributed by atoms with Crippen LogP contribution in [0.3, 0.4) is 0 Å². The molecule has 1 aromatic heterocycles. The molecule has 1 aromatic carbocycles. The maximum atomic E-state index is 11.9. The lowest BCUT2D eigenvalue weighted by atomic mass is 10.3. The van der Waals surface area contributed by atoms with Crippen LogP contribution < -0.4 is 10.3 Å². The van der Waals surface area contributed by atoms with Gasteiger partial charge in [-0.3, -0.25) is 9.59 Å². The van der Waals surface area contributed by atoms with Gasteiger partial charge in [0.2, 0.25) is 0 Å². The molecule has 0 unspecified atom stereocenters. The molecule has 7 heteroatoms. The van der Waals surface area contributed by atoms with E-state index in [4.69, 9.17) is 16.3 Å². The number of para-hydroxylation sites is 1. The Morgan fingerprint density at radius 1 is 1.35 bits per heavy atom. The van der Waals surface area contributed by atoms with Crippen molar-refractivity contribution in [3.63, 3.8) is 0 Å². The van der Waals surface area contributed by atoms with Crippen molar-refractivity contribution in [3.05, 3.63) is 51.9 Å². The maximum absolute atomic E-state index is 11.9. The van der Waals surface area contributed by atoms with Gasteiger partial charge in [0.15, 0.2) is 17.5 Å². The van der Waals surface area contributed by atoms with E-state index in [9.17, 15) is 9.59 Å². The minimum atomic E-state index is -0.596. The summed E-state index contributed by atoms with van der Waals surface area (Å²) < 4.78 is 11.1. The fourth-order valence-corrected chi connectivity index (χ4v) is 1.57. The highest BCUT2D eigenvalue weighted by Gasteiger charge is 2.11. The fourth-order valence-electron chi connectivity index (χ4n) is 1.38. The first-order valence-corrected chi connectivity index (χ1v) is 6.07. The smallest absolute Gasteiger partial charge is 0.304 e. The summed E-state index contributed by atoms with van der Waals surface area (Å²) in [6.45, 7) is 0.943. The summed E-state index contributed by atoms with van der Waals surface area (Å²) in [5, 5.41) is 3.70. The van der Waals surface area contributed by atoms with Crippen molar-refractivity contribution in [3.8, 4) is 11.5 Å². The molecule has 0 aliphatic rings. The molecule has 6 nitrogen and oxygen atoms in total. The molecule has 0 aliphatic carbocycles. The van der Waals surface area contributed by atoms with Gasteiger partial charge in [0.25, 0.3) is 5.56 Å². The van der Waals surface area contributed by atoms with E-state index in [0.29, 0.717) is 5.75 Å². The summed E-state index contributed by atoms with van der Waals surface area (Å²) in [7, 11) is 0. The van der Waals surface area contributed by atoms with Crippen LogP contribution in [0, 0.1) is 0 Å². The average Bonchev–Trinajstić information content (AvgIpc) is 2.44. The number of hydrogen-bond acceptors (Lipinski definition) is 5. The summed E-state index contributed by atoms with van der Waals surface area (Å²) in [4.78, 5) is 22.6. The summed E-state index contributed by atoms with van der Waals surface area (Å²) >= 11 is 5.92. The number of nitrogens with zero attached hydrogens (tertiary/aromatic N) is 2. The van der Waals surface area contributed by atoms with E-state index in [-0.39, 0.29) is 17.5 Å². The zero-order valence-corrected chi connectivity index (χ0v) is 11.3. The Balaban J connectivity index is 2.22. The molecule has 0 fully saturated rings. The molecule has 2 aromatic rings. The molecule has 0 saturated carbocycles. The average molecular weight is 295 g/mol. The van der Waals surface area contributed by atoms with Crippen LogP contribution in [0.5, 0.6) is 11.5 Å². The van der Waals surface area contributed by atoms with Gasteiger partial charge in [-0.25, -0.2) is 0 Å². The van der Waals surface area contributed by atoms with Gasteiger partial charge in [-0.1, -0.05) is 29.8 Å². The second-order valence-corrected chi connectivity index (χ2v) is 4.19. The molecule has 104 valence electrons. The molecule has 0 spiro atoms. The highest BCUT2D eigenvalue weighted by molar-refractivity contribution is 6.31. The largest absolute Gasteiger partial charge is 0.454 e. The zero-order chi connectivity index (χ0) is 14.5. The quantitative estimate of drug-likeness (QED) is 0.809. The van der Waals surface area contributed by atoms with Crippen molar-refractivity contribution in [2.45, 2.75) is 13.7 Å². The molecule has 2 rings (SSSR count). The van der Waals surface area contributed by atoms with E-state index >= 15 is 0 Å². The fraction of sp³-hybridized carbons (Fsp3) is 0.154. The van der Waals surface area contributed by atoms with Crippen LogP contribution in [0.1, 0.15) is 6.92 Å². The lowest BCUT2D eigenvalue weighted by Gasteiger charge is -2.09. The van der Waals surface area contributed by atoms with Crippen molar-refractivity contribution >= 4 is 17.6 Å². The second kappa shape index (κ2) is 6.21. The molecule has 0 radical (unpaired) electrons. The molecule has 0 saturated heterocycles. The SMILES string of the molecule is CC(=O)OCn1ncc(Oc2ccccc2)c(Cl)c1=O. The number of ether oxygens (including phenoxy) is 2. The summed E-state index contributed by atoms with van der Waals surface area (Å²) in [5.41, 5.74) is -0.596. The van der Waals surface area contributed by atoms with Gasteiger partial charge in [-0.15, -0.1) is 0 Å². The normalized spacial score (nSPS) is 10.1. The predicted molar refractivity (Wildman–Crippen MR) is 71.8 cm³/mol. The monoisotopic (exact) mass is 294 g/mol. The van der Waals surface area contributed by atoms with Crippen molar-refractivity contribution in [2.75, 3.05) is 0 Å². The van der Waals surface area contributed by atoms with Gasteiger partial charge in [0.1, 0.15) is 5.75 Å². The molecular formula is C13H11ClN2O4. The summed E-state index contributed by atoms with van der Waals surface area (Å²) in [6.07, 6.45) is 1.29. The van der Waals surface area contributed by atoms with Gasteiger partial charge in [-0.2, -0.15) is 9.78 Å². The van der Waals surface area contributed by atoms with E-state index in [1.807, 2.05) is 6.07 Å². The maximum Gasteiger partial charge on any atom is 0.304 e.